The van der Waals surface area contributed by atoms with Gasteiger partial charge in [-0.3, -0.25) is 4.79 Å². The van der Waals surface area contributed by atoms with E-state index in [1.807, 2.05) is 6.92 Å². The highest BCUT2D eigenvalue weighted by molar-refractivity contribution is 6.09. The molecule has 0 radical (unpaired) electrons. The second kappa shape index (κ2) is 7.69. The first kappa shape index (κ1) is 18.1. The number of Topliss-reactive ketones (excluding diaryl/α,β-unsaturated/α-hetero) is 1. The average molecular weight is 344 g/mol. The van der Waals surface area contributed by atoms with Crippen molar-refractivity contribution in [2.45, 2.75) is 65.3 Å². The van der Waals surface area contributed by atoms with Crippen LogP contribution in [0, 0.1) is 5.82 Å². The quantitative estimate of drug-likeness (QED) is 0.727. The van der Waals surface area contributed by atoms with Gasteiger partial charge in [-0.25, -0.2) is 4.39 Å². The SMILES string of the molecule is CCCN(CCC)C1CCc2cc(F)c3[nH]cc(C(=O)CC)c3c2C1. The third-order valence-electron chi connectivity index (χ3n) is 5.46. The monoisotopic (exact) mass is 344 g/mol. The Labute approximate surface area is 149 Å². The minimum Gasteiger partial charge on any atom is -0.358 e. The number of H-pyrrole nitrogens is 1. The number of aromatic amines is 1. The van der Waals surface area contributed by atoms with Crippen LogP contribution in [-0.4, -0.2) is 34.8 Å². The Bertz CT molecular complexity index is 759. The van der Waals surface area contributed by atoms with E-state index in [1.54, 1.807) is 12.3 Å². The van der Waals surface area contributed by atoms with Crippen molar-refractivity contribution in [1.82, 2.24) is 9.88 Å². The number of carbonyl (C=O) groups excluding carboxylic acids is 1. The second-order valence-electron chi connectivity index (χ2n) is 7.16. The fourth-order valence-corrected chi connectivity index (χ4v) is 4.29. The molecule has 0 fully saturated rings. The number of aryl methyl sites for hydroxylation is 1. The van der Waals surface area contributed by atoms with Gasteiger partial charge < -0.3 is 9.88 Å². The van der Waals surface area contributed by atoms with Crippen molar-refractivity contribution in [2.75, 3.05) is 13.1 Å². The van der Waals surface area contributed by atoms with Crippen molar-refractivity contribution in [3.05, 3.63) is 34.8 Å². The van der Waals surface area contributed by atoms with Crippen LogP contribution < -0.4 is 0 Å². The molecule has 1 aliphatic rings. The van der Waals surface area contributed by atoms with Crippen LogP contribution in [0.2, 0.25) is 0 Å². The van der Waals surface area contributed by atoms with Crippen molar-refractivity contribution >= 4 is 16.7 Å². The Morgan fingerprint density at radius 1 is 1.28 bits per heavy atom. The molecule has 136 valence electrons. The Morgan fingerprint density at radius 2 is 2.00 bits per heavy atom. The number of carbonyl (C=O) groups is 1. The predicted molar refractivity (Wildman–Crippen MR) is 101 cm³/mol. The summed E-state index contributed by atoms with van der Waals surface area (Å²) in [6, 6.07) is 2.16. The fourth-order valence-electron chi connectivity index (χ4n) is 4.29. The minimum atomic E-state index is -0.235. The molecular formula is C21H29FN2O. The number of hydrogen-bond acceptors (Lipinski definition) is 2. The summed E-state index contributed by atoms with van der Waals surface area (Å²) in [5.41, 5.74) is 3.42. The smallest absolute Gasteiger partial charge is 0.164 e. The normalized spacial score (nSPS) is 17.2. The van der Waals surface area contributed by atoms with Gasteiger partial charge >= 0.3 is 0 Å². The molecule has 3 rings (SSSR count). The molecular weight excluding hydrogens is 315 g/mol. The maximum atomic E-state index is 14.5. The number of aromatic nitrogens is 1. The van der Waals surface area contributed by atoms with Gasteiger partial charge in [-0.2, -0.15) is 0 Å². The predicted octanol–water partition coefficient (Wildman–Crippen LogP) is 4.88. The van der Waals surface area contributed by atoms with Crippen LogP contribution in [-0.2, 0) is 12.8 Å². The van der Waals surface area contributed by atoms with Crippen LogP contribution in [0.25, 0.3) is 10.9 Å². The summed E-state index contributed by atoms with van der Waals surface area (Å²) < 4.78 is 14.5. The summed E-state index contributed by atoms with van der Waals surface area (Å²) in [5, 5.41) is 0.833. The molecule has 0 amide bonds. The lowest BCUT2D eigenvalue weighted by Gasteiger charge is -2.35. The Kier molecular flexibility index (Phi) is 5.57. The summed E-state index contributed by atoms with van der Waals surface area (Å²) >= 11 is 0. The zero-order valence-electron chi connectivity index (χ0n) is 15.6. The number of benzene rings is 1. The van der Waals surface area contributed by atoms with Crippen molar-refractivity contribution in [3.8, 4) is 0 Å². The van der Waals surface area contributed by atoms with Gasteiger partial charge in [-0.15, -0.1) is 0 Å². The first-order valence-electron chi connectivity index (χ1n) is 9.69. The van der Waals surface area contributed by atoms with Gasteiger partial charge in [0, 0.05) is 29.6 Å². The second-order valence-corrected chi connectivity index (χ2v) is 7.16. The van der Waals surface area contributed by atoms with Gasteiger partial charge in [0.25, 0.3) is 0 Å². The zero-order chi connectivity index (χ0) is 18.0. The van der Waals surface area contributed by atoms with Gasteiger partial charge in [0.05, 0.1) is 5.52 Å². The van der Waals surface area contributed by atoms with E-state index in [0.29, 0.717) is 23.5 Å². The lowest BCUT2D eigenvalue weighted by molar-refractivity contribution is 0.0989. The van der Waals surface area contributed by atoms with E-state index in [9.17, 15) is 9.18 Å². The van der Waals surface area contributed by atoms with Crippen LogP contribution in [0.15, 0.2) is 12.3 Å². The van der Waals surface area contributed by atoms with E-state index in [1.165, 1.54) is 5.56 Å². The molecule has 1 unspecified atom stereocenters. The molecule has 2 aromatic rings. The van der Waals surface area contributed by atoms with Gasteiger partial charge in [-0.05, 0) is 62.4 Å². The van der Waals surface area contributed by atoms with E-state index in [-0.39, 0.29) is 11.6 Å². The molecule has 1 aromatic heterocycles. The van der Waals surface area contributed by atoms with Crippen molar-refractivity contribution in [2.24, 2.45) is 0 Å². The Hall–Kier alpha value is -1.68. The highest BCUT2D eigenvalue weighted by Gasteiger charge is 2.28. The van der Waals surface area contributed by atoms with Crippen LogP contribution in [0.5, 0.6) is 0 Å². The summed E-state index contributed by atoms with van der Waals surface area (Å²) in [5.74, 6) is -0.151. The average Bonchev–Trinajstić information content (AvgIpc) is 3.07. The third-order valence-corrected chi connectivity index (χ3v) is 5.46. The minimum absolute atomic E-state index is 0.0835. The summed E-state index contributed by atoms with van der Waals surface area (Å²) in [6.07, 6.45) is 7.30. The molecule has 25 heavy (non-hydrogen) atoms. The molecule has 1 aliphatic carbocycles. The summed E-state index contributed by atoms with van der Waals surface area (Å²) in [4.78, 5) is 17.9. The van der Waals surface area contributed by atoms with Crippen LogP contribution >= 0.6 is 0 Å². The molecule has 0 saturated carbocycles. The number of nitrogens with zero attached hydrogens (tertiary/aromatic N) is 1. The maximum Gasteiger partial charge on any atom is 0.164 e. The van der Waals surface area contributed by atoms with E-state index < -0.39 is 0 Å². The lowest BCUT2D eigenvalue weighted by atomic mass is 9.84. The molecule has 0 spiro atoms. The zero-order valence-corrected chi connectivity index (χ0v) is 15.6. The first-order valence-corrected chi connectivity index (χ1v) is 9.69. The van der Waals surface area contributed by atoms with E-state index in [4.69, 9.17) is 0 Å². The molecule has 0 bridgehead atoms. The lowest BCUT2D eigenvalue weighted by Crippen LogP contribution is -2.40. The van der Waals surface area contributed by atoms with Gasteiger partial charge in [0.1, 0.15) is 5.82 Å². The Morgan fingerprint density at radius 3 is 2.64 bits per heavy atom. The topological polar surface area (TPSA) is 36.1 Å². The van der Waals surface area contributed by atoms with Crippen molar-refractivity contribution in [1.29, 1.82) is 0 Å². The number of nitrogens with one attached hydrogen (secondary N) is 1. The molecule has 4 heteroatoms. The number of halogens is 1. The highest BCUT2D eigenvalue weighted by Crippen LogP contribution is 2.35. The third kappa shape index (κ3) is 3.37. The Balaban J connectivity index is 2.05. The number of fused-ring (bicyclic) bond motifs is 3. The molecule has 1 atom stereocenters. The van der Waals surface area contributed by atoms with Crippen molar-refractivity contribution in [3.63, 3.8) is 0 Å². The molecule has 1 aromatic carbocycles. The molecule has 0 saturated heterocycles. The summed E-state index contributed by atoms with van der Waals surface area (Å²) in [7, 11) is 0. The van der Waals surface area contributed by atoms with Crippen LogP contribution in [0.4, 0.5) is 4.39 Å². The van der Waals surface area contributed by atoms with Gasteiger partial charge in [0.2, 0.25) is 0 Å². The number of rotatable bonds is 7. The number of ketones is 1. The molecule has 1 N–H and O–H groups in total. The van der Waals surface area contributed by atoms with Crippen molar-refractivity contribution < 1.29 is 9.18 Å². The largest absolute Gasteiger partial charge is 0.358 e. The van der Waals surface area contributed by atoms with E-state index in [2.05, 4.69) is 23.7 Å². The van der Waals surface area contributed by atoms with Gasteiger partial charge in [-0.1, -0.05) is 20.8 Å². The molecule has 3 nitrogen and oxygen atoms in total. The highest BCUT2D eigenvalue weighted by atomic mass is 19.1. The summed E-state index contributed by atoms with van der Waals surface area (Å²) in [6.45, 7) is 8.51. The van der Waals surface area contributed by atoms with Gasteiger partial charge in [0.15, 0.2) is 5.78 Å². The maximum absolute atomic E-state index is 14.5. The van der Waals surface area contributed by atoms with E-state index >= 15 is 0 Å². The molecule has 1 heterocycles. The van der Waals surface area contributed by atoms with Crippen LogP contribution in [0.3, 0.4) is 0 Å². The molecule has 0 aliphatic heterocycles. The standard InChI is InChI=1S/C21H29FN2O/c1-4-9-24(10-5-2)15-8-7-14-11-18(22)21-20(16(14)12-15)17(13-23-21)19(25)6-3/h11,13,15,23H,4-10,12H2,1-3H3. The number of hydrogen-bond donors (Lipinski definition) is 1. The fraction of sp³-hybridized carbons (Fsp3) is 0.571. The van der Waals surface area contributed by atoms with E-state index in [0.717, 1.165) is 56.1 Å². The first-order chi connectivity index (χ1) is 12.1. The van der Waals surface area contributed by atoms with Crippen LogP contribution in [0.1, 0.15) is 67.9 Å².